The SMILES string of the molecule is Cc1ccncc1-c1cc2sc3ccccc3c2cn1. The Morgan fingerprint density at radius 3 is 2.75 bits per heavy atom. The van der Waals surface area contributed by atoms with Gasteiger partial charge in [0.1, 0.15) is 0 Å². The number of aryl methyl sites for hydroxylation is 1. The maximum absolute atomic E-state index is 4.63. The molecule has 96 valence electrons. The van der Waals surface area contributed by atoms with Crippen LogP contribution >= 0.6 is 11.3 Å². The van der Waals surface area contributed by atoms with Crippen molar-refractivity contribution in [3.8, 4) is 11.3 Å². The second kappa shape index (κ2) is 4.39. The van der Waals surface area contributed by atoms with Crippen LogP contribution in [-0.2, 0) is 0 Å². The number of nitrogens with zero attached hydrogens (tertiary/aromatic N) is 2. The molecule has 0 saturated carbocycles. The van der Waals surface area contributed by atoms with Crippen molar-refractivity contribution in [2.45, 2.75) is 6.92 Å². The molecule has 0 unspecified atom stereocenters. The first-order valence-electron chi connectivity index (χ1n) is 6.51. The van der Waals surface area contributed by atoms with Gasteiger partial charge in [-0.1, -0.05) is 18.2 Å². The largest absolute Gasteiger partial charge is 0.264 e. The summed E-state index contributed by atoms with van der Waals surface area (Å²) in [7, 11) is 0. The first-order valence-corrected chi connectivity index (χ1v) is 7.33. The molecule has 0 amide bonds. The van der Waals surface area contributed by atoms with Crippen molar-refractivity contribution in [2.24, 2.45) is 0 Å². The molecule has 0 aliphatic heterocycles. The van der Waals surface area contributed by atoms with Gasteiger partial charge in [-0.25, -0.2) is 0 Å². The van der Waals surface area contributed by atoms with Gasteiger partial charge in [-0.3, -0.25) is 9.97 Å². The molecule has 0 fully saturated rings. The zero-order valence-electron chi connectivity index (χ0n) is 11.0. The molecule has 0 aliphatic carbocycles. The molecule has 20 heavy (non-hydrogen) atoms. The molecule has 3 heteroatoms. The summed E-state index contributed by atoms with van der Waals surface area (Å²) in [6.07, 6.45) is 5.68. The predicted molar refractivity (Wildman–Crippen MR) is 85.1 cm³/mol. The standard InChI is InChI=1S/C17H12N2S/c1-11-6-7-18-9-13(11)15-8-17-14(10-19-15)12-4-2-3-5-16(12)20-17/h2-10H,1H3. The number of fused-ring (bicyclic) bond motifs is 3. The minimum absolute atomic E-state index is 0.995. The van der Waals surface area contributed by atoms with Crippen molar-refractivity contribution in [1.82, 2.24) is 9.97 Å². The fraction of sp³-hybridized carbons (Fsp3) is 0.0588. The zero-order chi connectivity index (χ0) is 13.5. The van der Waals surface area contributed by atoms with Crippen molar-refractivity contribution < 1.29 is 0 Å². The van der Waals surface area contributed by atoms with Crippen LogP contribution in [0.2, 0.25) is 0 Å². The summed E-state index contributed by atoms with van der Waals surface area (Å²) < 4.78 is 2.59. The molecule has 3 aromatic heterocycles. The maximum atomic E-state index is 4.63. The number of rotatable bonds is 1. The van der Waals surface area contributed by atoms with Gasteiger partial charge in [-0.2, -0.15) is 0 Å². The van der Waals surface area contributed by atoms with Gasteiger partial charge in [0.25, 0.3) is 0 Å². The molecule has 0 N–H and O–H groups in total. The lowest BCUT2D eigenvalue weighted by Gasteiger charge is -2.03. The van der Waals surface area contributed by atoms with Gasteiger partial charge in [-0.05, 0) is 30.7 Å². The van der Waals surface area contributed by atoms with Gasteiger partial charge in [0.2, 0.25) is 0 Å². The molecule has 0 spiro atoms. The molecule has 0 bridgehead atoms. The quantitative estimate of drug-likeness (QED) is 0.498. The van der Waals surface area contributed by atoms with Crippen LogP contribution in [-0.4, -0.2) is 9.97 Å². The molecule has 0 aliphatic rings. The highest BCUT2D eigenvalue weighted by Gasteiger charge is 2.08. The lowest BCUT2D eigenvalue weighted by atomic mass is 10.1. The van der Waals surface area contributed by atoms with E-state index in [-0.39, 0.29) is 0 Å². The van der Waals surface area contributed by atoms with Crippen LogP contribution in [0.3, 0.4) is 0 Å². The average Bonchev–Trinajstić information content (AvgIpc) is 2.85. The van der Waals surface area contributed by atoms with Gasteiger partial charge < -0.3 is 0 Å². The smallest absolute Gasteiger partial charge is 0.0734 e. The first-order chi connectivity index (χ1) is 9.83. The fourth-order valence-corrected chi connectivity index (χ4v) is 3.61. The Labute approximate surface area is 120 Å². The molecular weight excluding hydrogens is 264 g/mol. The van der Waals surface area contributed by atoms with Gasteiger partial charge in [0.15, 0.2) is 0 Å². The van der Waals surface area contributed by atoms with E-state index in [0.717, 1.165) is 11.3 Å². The van der Waals surface area contributed by atoms with E-state index in [9.17, 15) is 0 Å². The third-order valence-corrected chi connectivity index (χ3v) is 4.71. The highest BCUT2D eigenvalue weighted by molar-refractivity contribution is 7.25. The van der Waals surface area contributed by atoms with E-state index in [1.54, 1.807) is 0 Å². The highest BCUT2D eigenvalue weighted by Crippen LogP contribution is 2.35. The summed E-state index contributed by atoms with van der Waals surface area (Å²) in [4.78, 5) is 8.84. The Morgan fingerprint density at radius 1 is 0.950 bits per heavy atom. The minimum Gasteiger partial charge on any atom is -0.264 e. The Hall–Kier alpha value is -2.26. The number of pyridine rings is 2. The van der Waals surface area contributed by atoms with Crippen molar-refractivity contribution >= 4 is 31.5 Å². The van der Waals surface area contributed by atoms with E-state index in [1.807, 2.05) is 36.0 Å². The third-order valence-electron chi connectivity index (χ3n) is 3.58. The zero-order valence-corrected chi connectivity index (χ0v) is 11.8. The van der Waals surface area contributed by atoms with Crippen molar-refractivity contribution in [3.63, 3.8) is 0 Å². The summed E-state index contributed by atoms with van der Waals surface area (Å²) in [6, 6.07) is 12.7. The summed E-state index contributed by atoms with van der Waals surface area (Å²) >= 11 is 1.82. The van der Waals surface area contributed by atoms with E-state index >= 15 is 0 Å². The number of aromatic nitrogens is 2. The van der Waals surface area contributed by atoms with Crippen LogP contribution in [0, 0.1) is 6.92 Å². The van der Waals surface area contributed by atoms with Gasteiger partial charge in [-0.15, -0.1) is 11.3 Å². The molecule has 3 heterocycles. The monoisotopic (exact) mass is 276 g/mol. The van der Waals surface area contributed by atoms with E-state index in [0.29, 0.717) is 0 Å². The van der Waals surface area contributed by atoms with E-state index in [2.05, 4.69) is 47.2 Å². The first kappa shape index (κ1) is 11.6. The van der Waals surface area contributed by atoms with Crippen molar-refractivity contribution in [2.75, 3.05) is 0 Å². The Balaban J connectivity index is 2.00. The summed E-state index contributed by atoms with van der Waals surface area (Å²) in [5, 5.41) is 2.52. The van der Waals surface area contributed by atoms with E-state index in [1.165, 1.54) is 25.7 Å². The predicted octanol–water partition coefficient (Wildman–Crippen LogP) is 4.82. The normalized spacial score (nSPS) is 11.2. The topological polar surface area (TPSA) is 25.8 Å². The van der Waals surface area contributed by atoms with Crippen LogP contribution in [0.4, 0.5) is 0 Å². The molecule has 4 rings (SSSR count). The van der Waals surface area contributed by atoms with Crippen LogP contribution in [0.25, 0.3) is 31.4 Å². The Morgan fingerprint density at radius 2 is 1.85 bits per heavy atom. The lowest BCUT2D eigenvalue weighted by Crippen LogP contribution is -1.87. The number of hydrogen-bond donors (Lipinski definition) is 0. The number of hydrogen-bond acceptors (Lipinski definition) is 3. The molecular formula is C17H12N2S. The summed E-state index contributed by atoms with van der Waals surface area (Å²) in [5.41, 5.74) is 3.30. The Kier molecular flexibility index (Phi) is 2.54. The number of thiophene rings is 1. The number of benzene rings is 1. The van der Waals surface area contributed by atoms with Crippen LogP contribution in [0.5, 0.6) is 0 Å². The summed E-state index contributed by atoms with van der Waals surface area (Å²) in [5.74, 6) is 0. The molecule has 0 atom stereocenters. The summed E-state index contributed by atoms with van der Waals surface area (Å²) in [6.45, 7) is 2.09. The van der Waals surface area contributed by atoms with Crippen LogP contribution < -0.4 is 0 Å². The molecule has 4 aromatic rings. The van der Waals surface area contributed by atoms with Crippen LogP contribution in [0.15, 0.2) is 55.0 Å². The average molecular weight is 276 g/mol. The minimum atomic E-state index is 0.995. The molecule has 2 nitrogen and oxygen atoms in total. The maximum Gasteiger partial charge on any atom is 0.0734 e. The lowest BCUT2D eigenvalue weighted by molar-refractivity contribution is 1.26. The van der Waals surface area contributed by atoms with Crippen molar-refractivity contribution in [1.29, 1.82) is 0 Å². The van der Waals surface area contributed by atoms with E-state index in [4.69, 9.17) is 0 Å². The van der Waals surface area contributed by atoms with Gasteiger partial charge in [0, 0.05) is 44.3 Å². The third kappa shape index (κ3) is 1.71. The Bertz CT molecular complexity index is 924. The van der Waals surface area contributed by atoms with Gasteiger partial charge >= 0.3 is 0 Å². The van der Waals surface area contributed by atoms with Crippen molar-refractivity contribution in [3.05, 3.63) is 60.6 Å². The molecule has 1 aromatic carbocycles. The van der Waals surface area contributed by atoms with E-state index < -0.39 is 0 Å². The second-order valence-electron chi connectivity index (χ2n) is 4.85. The highest BCUT2D eigenvalue weighted by atomic mass is 32.1. The fourth-order valence-electron chi connectivity index (χ4n) is 2.50. The molecule has 0 saturated heterocycles. The molecule has 0 radical (unpaired) electrons. The van der Waals surface area contributed by atoms with Gasteiger partial charge in [0.05, 0.1) is 5.69 Å². The second-order valence-corrected chi connectivity index (χ2v) is 5.94. The van der Waals surface area contributed by atoms with Crippen LogP contribution in [0.1, 0.15) is 5.56 Å².